The maximum Gasteiger partial charge on any atom is 0.421 e. The summed E-state index contributed by atoms with van der Waals surface area (Å²) in [4.78, 5) is 39.9. The molecule has 0 unspecified atom stereocenters. The Bertz CT molecular complexity index is 898. The van der Waals surface area contributed by atoms with Gasteiger partial charge in [-0.05, 0) is 79.0 Å². The predicted molar refractivity (Wildman–Crippen MR) is 116 cm³/mol. The van der Waals surface area contributed by atoms with E-state index >= 15 is 0 Å². The molecule has 2 aliphatic heterocycles. The van der Waals surface area contributed by atoms with Crippen LogP contribution in [-0.2, 0) is 24.4 Å². The number of carbonyl (C=O) groups excluding carboxylic acids is 3. The number of benzene rings is 1. The molecule has 0 aliphatic carbocycles. The largest absolute Gasteiger partial charge is 0.444 e. The van der Waals surface area contributed by atoms with Gasteiger partial charge in [-0.15, -0.1) is 0 Å². The molecule has 2 aliphatic rings. The van der Waals surface area contributed by atoms with Crippen LogP contribution in [0, 0.1) is 0 Å². The molecule has 8 nitrogen and oxygen atoms in total. The fraction of sp³-hybridized carbons (Fsp3) is 0.609. The smallest absolute Gasteiger partial charge is 0.421 e. The summed E-state index contributed by atoms with van der Waals surface area (Å²) in [5.41, 5.74) is -0.680. The van der Waals surface area contributed by atoms with E-state index in [9.17, 15) is 14.4 Å². The Labute approximate surface area is 183 Å². The van der Waals surface area contributed by atoms with Crippen molar-refractivity contribution < 1.29 is 28.6 Å². The summed E-state index contributed by atoms with van der Waals surface area (Å²) in [6.45, 7) is 12.9. The quantitative estimate of drug-likeness (QED) is 0.688. The summed E-state index contributed by atoms with van der Waals surface area (Å²) in [5, 5.41) is 2.67. The number of hydrogen-bond donors (Lipinski definition) is 1. The van der Waals surface area contributed by atoms with E-state index in [0.717, 1.165) is 10.5 Å². The SMILES string of the molecule is C[C@H]1C[C@]2(CCO1)C(=O)N(C(=O)OC(C)(C)C)c1cc(NC(=O)OC(C)(C)C)ccc12. The molecule has 3 amide bonds. The lowest BCUT2D eigenvalue weighted by Crippen LogP contribution is -2.48. The Morgan fingerprint density at radius 2 is 1.77 bits per heavy atom. The van der Waals surface area contributed by atoms with E-state index in [1.165, 1.54) is 0 Å². The minimum atomic E-state index is -0.853. The second-order valence-electron chi connectivity index (χ2n) is 10.2. The molecule has 1 spiro atoms. The van der Waals surface area contributed by atoms with Crippen molar-refractivity contribution in [2.75, 3.05) is 16.8 Å². The van der Waals surface area contributed by atoms with Crippen LogP contribution in [0.4, 0.5) is 21.0 Å². The molecule has 2 heterocycles. The Kier molecular flexibility index (Phi) is 5.82. The first-order valence-electron chi connectivity index (χ1n) is 10.6. The highest BCUT2D eigenvalue weighted by molar-refractivity contribution is 6.21. The monoisotopic (exact) mass is 432 g/mol. The van der Waals surface area contributed by atoms with Crippen molar-refractivity contribution in [3.63, 3.8) is 0 Å². The molecule has 1 aromatic carbocycles. The van der Waals surface area contributed by atoms with Gasteiger partial charge in [0.1, 0.15) is 11.2 Å². The van der Waals surface area contributed by atoms with Crippen LogP contribution in [0.2, 0.25) is 0 Å². The van der Waals surface area contributed by atoms with Gasteiger partial charge >= 0.3 is 12.2 Å². The van der Waals surface area contributed by atoms with Crippen molar-refractivity contribution in [1.82, 2.24) is 0 Å². The Morgan fingerprint density at radius 3 is 2.35 bits per heavy atom. The second-order valence-corrected chi connectivity index (χ2v) is 10.2. The van der Waals surface area contributed by atoms with Gasteiger partial charge in [-0.2, -0.15) is 0 Å². The average molecular weight is 433 g/mol. The Balaban J connectivity index is 2.01. The molecule has 1 aromatic rings. The summed E-state index contributed by atoms with van der Waals surface area (Å²) < 4.78 is 16.5. The summed E-state index contributed by atoms with van der Waals surface area (Å²) in [6.07, 6.45) is -0.527. The summed E-state index contributed by atoms with van der Waals surface area (Å²) in [6, 6.07) is 5.13. The lowest BCUT2D eigenvalue weighted by Gasteiger charge is -2.35. The highest BCUT2D eigenvalue weighted by Crippen LogP contribution is 2.50. The van der Waals surface area contributed by atoms with Crippen molar-refractivity contribution in [3.8, 4) is 0 Å². The molecule has 1 fully saturated rings. The minimum absolute atomic E-state index is 0.122. The maximum atomic E-state index is 13.6. The van der Waals surface area contributed by atoms with E-state index in [4.69, 9.17) is 14.2 Å². The van der Waals surface area contributed by atoms with Crippen LogP contribution >= 0.6 is 0 Å². The van der Waals surface area contributed by atoms with E-state index in [-0.39, 0.29) is 12.0 Å². The zero-order chi connectivity index (χ0) is 23.2. The van der Waals surface area contributed by atoms with Crippen molar-refractivity contribution in [1.29, 1.82) is 0 Å². The van der Waals surface area contributed by atoms with E-state index in [1.54, 1.807) is 59.7 Å². The number of carbonyl (C=O) groups is 3. The lowest BCUT2D eigenvalue weighted by atomic mass is 9.73. The van der Waals surface area contributed by atoms with E-state index in [1.807, 2.05) is 6.92 Å². The molecule has 31 heavy (non-hydrogen) atoms. The van der Waals surface area contributed by atoms with Crippen LogP contribution in [0.15, 0.2) is 18.2 Å². The first kappa shape index (κ1) is 23.1. The average Bonchev–Trinajstić information content (AvgIpc) is 2.79. The minimum Gasteiger partial charge on any atom is -0.444 e. The second kappa shape index (κ2) is 7.82. The number of nitrogens with one attached hydrogen (secondary N) is 1. The van der Waals surface area contributed by atoms with Crippen molar-refractivity contribution >= 4 is 29.5 Å². The van der Waals surface area contributed by atoms with Gasteiger partial charge in [0.05, 0.1) is 17.2 Å². The molecule has 2 atom stereocenters. The van der Waals surface area contributed by atoms with Crippen LogP contribution in [0.5, 0.6) is 0 Å². The predicted octanol–water partition coefficient (Wildman–Crippen LogP) is 4.75. The highest BCUT2D eigenvalue weighted by atomic mass is 16.6. The summed E-state index contributed by atoms with van der Waals surface area (Å²) in [7, 11) is 0. The zero-order valence-electron chi connectivity index (χ0n) is 19.3. The summed E-state index contributed by atoms with van der Waals surface area (Å²) >= 11 is 0. The number of nitrogens with zero attached hydrogens (tertiary/aromatic N) is 1. The number of amides is 3. The molecule has 0 radical (unpaired) electrons. The maximum absolute atomic E-state index is 13.6. The van der Waals surface area contributed by atoms with Gasteiger partial charge in [0.15, 0.2) is 0 Å². The normalized spacial score (nSPS) is 23.5. The molecule has 0 saturated carbocycles. The molecule has 0 bridgehead atoms. The molecule has 170 valence electrons. The van der Waals surface area contributed by atoms with Gasteiger partial charge in [0.2, 0.25) is 5.91 Å². The van der Waals surface area contributed by atoms with E-state index in [2.05, 4.69) is 5.32 Å². The van der Waals surface area contributed by atoms with Gasteiger partial charge in [-0.3, -0.25) is 10.1 Å². The van der Waals surface area contributed by atoms with Gasteiger partial charge in [0.25, 0.3) is 0 Å². The molecule has 0 aromatic heterocycles. The van der Waals surface area contributed by atoms with Gasteiger partial charge in [-0.1, -0.05) is 6.07 Å². The third-order valence-corrected chi connectivity index (χ3v) is 5.16. The summed E-state index contributed by atoms with van der Waals surface area (Å²) in [5.74, 6) is -0.318. The number of imide groups is 1. The number of anilines is 2. The van der Waals surface area contributed by atoms with Crippen LogP contribution < -0.4 is 10.2 Å². The number of rotatable bonds is 1. The van der Waals surface area contributed by atoms with Crippen molar-refractivity contribution in [2.45, 2.75) is 84.0 Å². The topological polar surface area (TPSA) is 94.2 Å². The first-order chi connectivity index (χ1) is 14.2. The van der Waals surface area contributed by atoms with Crippen LogP contribution in [0.25, 0.3) is 0 Å². The Hall–Kier alpha value is -2.61. The van der Waals surface area contributed by atoms with Crippen LogP contribution in [-0.4, -0.2) is 42.0 Å². The third kappa shape index (κ3) is 4.84. The number of fused-ring (bicyclic) bond motifs is 2. The highest BCUT2D eigenvalue weighted by Gasteiger charge is 2.55. The van der Waals surface area contributed by atoms with E-state index < -0.39 is 28.8 Å². The fourth-order valence-corrected chi connectivity index (χ4v) is 4.07. The van der Waals surface area contributed by atoms with Crippen molar-refractivity contribution in [2.24, 2.45) is 0 Å². The fourth-order valence-electron chi connectivity index (χ4n) is 4.07. The van der Waals surface area contributed by atoms with Crippen molar-refractivity contribution in [3.05, 3.63) is 23.8 Å². The molecular weight excluding hydrogens is 400 g/mol. The Morgan fingerprint density at radius 1 is 1.13 bits per heavy atom. The van der Waals surface area contributed by atoms with E-state index in [0.29, 0.717) is 30.8 Å². The first-order valence-corrected chi connectivity index (χ1v) is 10.6. The van der Waals surface area contributed by atoms with Crippen LogP contribution in [0.3, 0.4) is 0 Å². The van der Waals surface area contributed by atoms with Gasteiger partial charge < -0.3 is 14.2 Å². The number of hydrogen-bond acceptors (Lipinski definition) is 6. The molecule has 3 rings (SSSR count). The lowest BCUT2D eigenvalue weighted by molar-refractivity contribution is -0.128. The molecule has 1 N–H and O–H groups in total. The number of ether oxygens (including phenoxy) is 3. The third-order valence-electron chi connectivity index (χ3n) is 5.16. The van der Waals surface area contributed by atoms with Gasteiger partial charge in [0, 0.05) is 12.3 Å². The standard InChI is InChI=1S/C23H32N2O6/c1-14-13-23(10-11-29-14)16-9-8-15(24-19(27)30-21(2,3)4)12-17(16)25(18(23)26)20(28)31-22(5,6)7/h8-9,12,14H,10-11,13H2,1-7H3,(H,24,27)/t14-,23-/m0/s1. The molecule has 8 heteroatoms. The van der Waals surface area contributed by atoms with Crippen LogP contribution in [0.1, 0.15) is 66.9 Å². The zero-order valence-corrected chi connectivity index (χ0v) is 19.3. The molecule has 1 saturated heterocycles. The van der Waals surface area contributed by atoms with Gasteiger partial charge in [-0.25, -0.2) is 14.5 Å². The molecular formula is C23H32N2O6.